The fourth-order valence-electron chi connectivity index (χ4n) is 2.12. The van der Waals surface area contributed by atoms with Crippen LogP contribution in [0.1, 0.15) is 33.6 Å². The van der Waals surface area contributed by atoms with E-state index in [2.05, 4.69) is 25.7 Å². The maximum atomic E-state index is 12.0. The van der Waals surface area contributed by atoms with Gasteiger partial charge in [0.25, 0.3) is 0 Å². The van der Waals surface area contributed by atoms with Crippen molar-refractivity contribution in [1.29, 1.82) is 0 Å². The van der Waals surface area contributed by atoms with Crippen LogP contribution < -0.4 is 5.32 Å². The third-order valence-corrected chi connectivity index (χ3v) is 3.68. The molecule has 0 saturated carbocycles. The van der Waals surface area contributed by atoms with Gasteiger partial charge in [-0.3, -0.25) is 4.79 Å². The first kappa shape index (κ1) is 16.7. The molecule has 112 valence electrons. The summed E-state index contributed by atoms with van der Waals surface area (Å²) in [7, 11) is 0. The van der Waals surface area contributed by atoms with Gasteiger partial charge in [0.15, 0.2) is 0 Å². The average Bonchev–Trinajstić information content (AvgIpc) is 2.45. The molecule has 0 unspecified atom stereocenters. The summed E-state index contributed by atoms with van der Waals surface area (Å²) in [4.78, 5) is 12.0. The zero-order valence-electron chi connectivity index (χ0n) is 12.9. The number of rotatable bonds is 6. The summed E-state index contributed by atoms with van der Waals surface area (Å²) in [6.45, 7) is 12.2. The highest BCUT2D eigenvalue weighted by Crippen LogP contribution is 2.14. The van der Waals surface area contributed by atoms with Crippen molar-refractivity contribution in [2.75, 3.05) is 19.8 Å². The van der Waals surface area contributed by atoms with E-state index in [0.717, 1.165) is 43.7 Å². The van der Waals surface area contributed by atoms with Crippen LogP contribution in [0.15, 0.2) is 36.0 Å². The number of amides is 1. The first-order valence-corrected chi connectivity index (χ1v) is 7.41. The summed E-state index contributed by atoms with van der Waals surface area (Å²) >= 11 is 0. The van der Waals surface area contributed by atoms with Gasteiger partial charge in [-0.25, -0.2) is 0 Å². The Morgan fingerprint density at radius 2 is 2.00 bits per heavy atom. The van der Waals surface area contributed by atoms with Gasteiger partial charge in [0.1, 0.15) is 0 Å². The summed E-state index contributed by atoms with van der Waals surface area (Å²) in [5.74, 6) is 0.984. The first-order chi connectivity index (χ1) is 9.54. The van der Waals surface area contributed by atoms with Crippen LogP contribution in [0.25, 0.3) is 0 Å². The van der Waals surface area contributed by atoms with E-state index in [-0.39, 0.29) is 5.91 Å². The number of allylic oxidation sites excluding steroid dienone is 4. The third kappa shape index (κ3) is 5.74. The van der Waals surface area contributed by atoms with Gasteiger partial charge >= 0.3 is 0 Å². The minimum absolute atomic E-state index is 0.0138. The second kappa shape index (κ2) is 8.75. The number of hydrogen-bond acceptors (Lipinski definition) is 2. The second-order valence-electron chi connectivity index (χ2n) is 5.64. The molecule has 0 radical (unpaired) electrons. The molecule has 1 fully saturated rings. The van der Waals surface area contributed by atoms with Crippen LogP contribution in [0, 0.1) is 11.8 Å². The molecule has 1 N–H and O–H groups in total. The van der Waals surface area contributed by atoms with Crippen molar-refractivity contribution in [3.05, 3.63) is 36.0 Å². The summed E-state index contributed by atoms with van der Waals surface area (Å²) < 4.78 is 5.31. The highest BCUT2D eigenvalue weighted by atomic mass is 16.5. The molecule has 1 rings (SSSR count). The quantitative estimate of drug-likeness (QED) is 0.598. The molecule has 0 spiro atoms. The van der Waals surface area contributed by atoms with Gasteiger partial charge < -0.3 is 10.1 Å². The van der Waals surface area contributed by atoms with Crippen molar-refractivity contribution >= 4 is 5.91 Å². The maximum absolute atomic E-state index is 12.0. The molecular weight excluding hydrogens is 250 g/mol. The lowest BCUT2D eigenvalue weighted by Crippen LogP contribution is -2.32. The molecule has 0 aliphatic carbocycles. The van der Waals surface area contributed by atoms with E-state index in [0.29, 0.717) is 11.8 Å². The first-order valence-electron chi connectivity index (χ1n) is 7.41. The topological polar surface area (TPSA) is 38.3 Å². The molecule has 0 aromatic heterocycles. The van der Waals surface area contributed by atoms with Crippen molar-refractivity contribution in [2.45, 2.75) is 33.6 Å². The van der Waals surface area contributed by atoms with Crippen LogP contribution in [-0.2, 0) is 9.53 Å². The maximum Gasteiger partial charge on any atom is 0.246 e. The van der Waals surface area contributed by atoms with Gasteiger partial charge in [-0.05, 0) is 37.2 Å². The summed E-state index contributed by atoms with van der Waals surface area (Å²) in [5, 5.41) is 3.01. The van der Waals surface area contributed by atoms with Crippen molar-refractivity contribution in [2.24, 2.45) is 11.8 Å². The van der Waals surface area contributed by atoms with Crippen LogP contribution in [0.5, 0.6) is 0 Å². The molecule has 3 heteroatoms. The van der Waals surface area contributed by atoms with Gasteiger partial charge in [-0.1, -0.05) is 38.7 Å². The monoisotopic (exact) mass is 277 g/mol. The van der Waals surface area contributed by atoms with Gasteiger partial charge in [0.05, 0.1) is 0 Å². The lowest BCUT2D eigenvalue weighted by molar-refractivity contribution is -0.117. The van der Waals surface area contributed by atoms with Gasteiger partial charge in [-0.2, -0.15) is 0 Å². The molecule has 20 heavy (non-hydrogen) atoms. The Morgan fingerprint density at radius 3 is 2.55 bits per heavy atom. The van der Waals surface area contributed by atoms with E-state index in [9.17, 15) is 4.79 Å². The zero-order chi connectivity index (χ0) is 15.0. The molecule has 1 saturated heterocycles. The highest BCUT2D eigenvalue weighted by Gasteiger charge is 2.14. The van der Waals surface area contributed by atoms with Crippen LogP contribution in [0.3, 0.4) is 0 Å². The summed E-state index contributed by atoms with van der Waals surface area (Å²) in [6, 6.07) is 0. The fraction of sp³-hybridized carbons (Fsp3) is 0.588. The minimum atomic E-state index is 0.0138. The predicted molar refractivity (Wildman–Crippen MR) is 83.4 cm³/mol. The molecule has 0 aromatic carbocycles. The SMILES string of the molecule is C=C/C(=C\C=C(/C)C(=O)NCC1CCOCC1)C(C)C. The highest BCUT2D eigenvalue weighted by molar-refractivity contribution is 5.93. The normalized spacial score (nSPS) is 18.2. The van der Waals surface area contributed by atoms with E-state index >= 15 is 0 Å². The van der Waals surface area contributed by atoms with Gasteiger partial charge in [-0.15, -0.1) is 0 Å². The molecule has 0 aromatic rings. The molecule has 1 aliphatic heterocycles. The number of ether oxygens (including phenoxy) is 1. The summed E-state index contributed by atoms with van der Waals surface area (Å²) in [5.41, 5.74) is 1.87. The Morgan fingerprint density at radius 1 is 1.35 bits per heavy atom. The van der Waals surface area contributed by atoms with E-state index < -0.39 is 0 Å². The Kier molecular flexibility index (Phi) is 7.31. The smallest absolute Gasteiger partial charge is 0.246 e. The summed E-state index contributed by atoms with van der Waals surface area (Å²) in [6.07, 6.45) is 7.76. The lowest BCUT2D eigenvalue weighted by atomic mass is 10.0. The Balaban J connectivity index is 2.47. The van der Waals surface area contributed by atoms with Crippen molar-refractivity contribution in [3.63, 3.8) is 0 Å². The van der Waals surface area contributed by atoms with Gasteiger partial charge in [0, 0.05) is 25.3 Å². The average molecular weight is 277 g/mol. The largest absolute Gasteiger partial charge is 0.381 e. The molecular formula is C17H27NO2. The molecule has 1 heterocycles. The van der Waals surface area contributed by atoms with Crippen molar-refractivity contribution < 1.29 is 9.53 Å². The van der Waals surface area contributed by atoms with E-state index in [1.807, 2.05) is 25.2 Å². The lowest BCUT2D eigenvalue weighted by Gasteiger charge is -2.22. The van der Waals surface area contributed by atoms with Crippen molar-refractivity contribution in [3.8, 4) is 0 Å². The Hall–Kier alpha value is -1.35. The van der Waals surface area contributed by atoms with E-state index in [1.165, 1.54) is 0 Å². The fourth-order valence-corrected chi connectivity index (χ4v) is 2.12. The molecule has 1 amide bonds. The predicted octanol–water partition coefficient (Wildman–Crippen LogP) is 3.24. The number of carbonyl (C=O) groups excluding carboxylic acids is 1. The van der Waals surface area contributed by atoms with E-state index in [4.69, 9.17) is 4.74 Å². The Bertz CT molecular complexity index is 388. The minimum Gasteiger partial charge on any atom is -0.381 e. The molecule has 1 aliphatic rings. The number of carbonyl (C=O) groups is 1. The Labute approximate surface area is 122 Å². The zero-order valence-corrected chi connectivity index (χ0v) is 12.9. The van der Waals surface area contributed by atoms with Crippen LogP contribution in [0.4, 0.5) is 0 Å². The third-order valence-electron chi connectivity index (χ3n) is 3.68. The number of hydrogen-bond donors (Lipinski definition) is 1. The molecule has 3 nitrogen and oxygen atoms in total. The number of nitrogens with one attached hydrogen (secondary N) is 1. The van der Waals surface area contributed by atoms with Crippen LogP contribution >= 0.6 is 0 Å². The van der Waals surface area contributed by atoms with Gasteiger partial charge in [0.2, 0.25) is 5.91 Å². The standard InChI is InChI=1S/C17H27NO2/c1-5-16(13(2)3)7-6-14(4)17(19)18-12-15-8-10-20-11-9-15/h5-7,13,15H,1,8-12H2,2-4H3,(H,18,19)/b14-6+,16-7+. The second-order valence-corrected chi connectivity index (χ2v) is 5.64. The van der Waals surface area contributed by atoms with Crippen LogP contribution in [-0.4, -0.2) is 25.7 Å². The van der Waals surface area contributed by atoms with Crippen LogP contribution in [0.2, 0.25) is 0 Å². The molecule has 0 bridgehead atoms. The van der Waals surface area contributed by atoms with E-state index in [1.54, 1.807) is 0 Å². The molecule has 0 atom stereocenters. The van der Waals surface area contributed by atoms with Crippen molar-refractivity contribution in [1.82, 2.24) is 5.32 Å².